The maximum absolute atomic E-state index is 12.0. The number of benzene rings is 1. The van der Waals surface area contributed by atoms with Crippen molar-refractivity contribution in [1.82, 2.24) is 10.3 Å². The Hall–Kier alpha value is -2.56. The predicted octanol–water partition coefficient (Wildman–Crippen LogP) is 1.93. The molecule has 1 fully saturated rings. The van der Waals surface area contributed by atoms with Crippen molar-refractivity contribution in [2.24, 2.45) is 0 Å². The van der Waals surface area contributed by atoms with Crippen molar-refractivity contribution in [2.45, 2.75) is 6.04 Å². The third-order valence-electron chi connectivity index (χ3n) is 3.13. The van der Waals surface area contributed by atoms with E-state index in [9.17, 15) is 4.79 Å². The van der Waals surface area contributed by atoms with Crippen molar-refractivity contribution in [3.05, 3.63) is 54.4 Å². The van der Waals surface area contributed by atoms with Crippen LogP contribution in [0.4, 0.5) is 16.2 Å². The van der Waals surface area contributed by atoms with E-state index in [1.54, 1.807) is 23.2 Å². The number of nitrogens with two attached hydrogens (primary N) is 1. The lowest BCUT2D eigenvalue weighted by Gasteiger charge is -2.15. The molecule has 5 nitrogen and oxygen atoms in total. The third kappa shape index (κ3) is 2.22. The molecule has 1 atom stereocenters. The molecule has 1 aliphatic rings. The van der Waals surface area contributed by atoms with Gasteiger partial charge in [0.15, 0.2) is 0 Å². The number of rotatable bonds is 2. The minimum Gasteiger partial charge on any atom is -0.399 e. The van der Waals surface area contributed by atoms with Crippen molar-refractivity contribution >= 4 is 17.4 Å². The molecule has 1 aromatic heterocycles. The molecule has 1 unspecified atom stereocenters. The number of hydrogen-bond donors (Lipinski definition) is 2. The number of pyridine rings is 1. The number of urea groups is 1. The molecule has 0 spiro atoms. The first-order chi connectivity index (χ1) is 9.24. The number of amides is 2. The molecule has 96 valence electrons. The van der Waals surface area contributed by atoms with Crippen molar-refractivity contribution in [3.8, 4) is 0 Å². The van der Waals surface area contributed by atoms with Crippen LogP contribution in [0, 0.1) is 0 Å². The van der Waals surface area contributed by atoms with Crippen LogP contribution >= 0.6 is 0 Å². The Balaban J connectivity index is 1.85. The Morgan fingerprint density at radius 2 is 2.16 bits per heavy atom. The van der Waals surface area contributed by atoms with E-state index in [1.165, 1.54) is 0 Å². The molecule has 5 heteroatoms. The summed E-state index contributed by atoms with van der Waals surface area (Å²) in [4.78, 5) is 18.0. The summed E-state index contributed by atoms with van der Waals surface area (Å²) in [5.74, 6) is 0. The predicted molar refractivity (Wildman–Crippen MR) is 73.7 cm³/mol. The number of aromatic nitrogens is 1. The lowest BCUT2D eigenvalue weighted by Crippen LogP contribution is -2.27. The van der Waals surface area contributed by atoms with Crippen LogP contribution in [0.5, 0.6) is 0 Å². The van der Waals surface area contributed by atoms with Crippen LogP contribution in [0.2, 0.25) is 0 Å². The van der Waals surface area contributed by atoms with E-state index >= 15 is 0 Å². The Morgan fingerprint density at radius 3 is 2.89 bits per heavy atom. The van der Waals surface area contributed by atoms with Gasteiger partial charge in [-0.2, -0.15) is 0 Å². The van der Waals surface area contributed by atoms with Crippen molar-refractivity contribution < 1.29 is 4.79 Å². The Kier molecular flexibility index (Phi) is 2.79. The van der Waals surface area contributed by atoms with E-state index in [4.69, 9.17) is 5.73 Å². The minimum absolute atomic E-state index is 0.0878. The first kappa shape index (κ1) is 11.5. The summed E-state index contributed by atoms with van der Waals surface area (Å²) in [6, 6.07) is 12.8. The molecule has 0 saturated carbocycles. The molecule has 2 heterocycles. The molecule has 2 amide bonds. The number of carbonyl (C=O) groups excluding carboxylic acids is 1. The Bertz CT molecular complexity index is 599. The van der Waals surface area contributed by atoms with Crippen molar-refractivity contribution in [3.63, 3.8) is 0 Å². The summed E-state index contributed by atoms with van der Waals surface area (Å²) in [6.07, 6.45) is 1.73. The number of anilines is 2. The van der Waals surface area contributed by atoms with Crippen LogP contribution < -0.4 is 16.0 Å². The molecule has 0 aliphatic carbocycles. The fraction of sp³-hybridized carbons (Fsp3) is 0.143. The summed E-state index contributed by atoms with van der Waals surface area (Å²) in [6.45, 7) is 0.555. The van der Waals surface area contributed by atoms with E-state index in [1.807, 2.05) is 30.3 Å². The number of carbonyl (C=O) groups is 1. The van der Waals surface area contributed by atoms with Crippen LogP contribution in [-0.2, 0) is 0 Å². The van der Waals surface area contributed by atoms with Gasteiger partial charge >= 0.3 is 6.03 Å². The molecule has 1 saturated heterocycles. The molecule has 1 aromatic carbocycles. The normalized spacial score (nSPS) is 18.4. The van der Waals surface area contributed by atoms with Crippen molar-refractivity contribution in [1.29, 1.82) is 0 Å². The zero-order valence-corrected chi connectivity index (χ0v) is 10.3. The first-order valence-corrected chi connectivity index (χ1v) is 6.08. The summed E-state index contributed by atoms with van der Waals surface area (Å²) in [5.41, 5.74) is 8.06. The third-order valence-corrected chi connectivity index (χ3v) is 3.13. The zero-order valence-electron chi connectivity index (χ0n) is 10.3. The largest absolute Gasteiger partial charge is 0.399 e. The molecule has 19 heavy (non-hydrogen) atoms. The lowest BCUT2D eigenvalue weighted by atomic mass is 10.2. The van der Waals surface area contributed by atoms with Crippen LogP contribution in [0.3, 0.4) is 0 Å². The van der Waals surface area contributed by atoms with E-state index in [0.717, 1.165) is 11.4 Å². The standard InChI is InChI=1S/C14H14N4O/c15-10-4-3-5-11(8-10)18-9-13(17-14(18)19)12-6-1-2-7-16-12/h1-8,13H,9,15H2,(H,17,19). The van der Waals surface area contributed by atoms with Crippen LogP contribution in [0.1, 0.15) is 11.7 Å². The van der Waals surface area contributed by atoms with E-state index < -0.39 is 0 Å². The lowest BCUT2D eigenvalue weighted by molar-refractivity contribution is 0.251. The molecular weight excluding hydrogens is 240 g/mol. The average molecular weight is 254 g/mol. The zero-order chi connectivity index (χ0) is 13.2. The first-order valence-electron chi connectivity index (χ1n) is 6.08. The highest BCUT2D eigenvalue weighted by molar-refractivity contribution is 5.95. The smallest absolute Gasteiger partial charge is 0.322 e. The Morgan fingerprint density at radius 1 is 1.26 bits per heavy atom. The summed E-state index contributed by atoms with van der Waals surface area (Å²) in [7, 11) is 0. The fourth-order valence-corrected chi connectivity index (χ4v) is 2.20. The van der Waals surface area contributed by atoms with Gasteiger partial charge in [-0.15, -0.1) is 0 Å². The number of nitrogen functional groups attached to an aromatic ring is 1. The maximum atomic E-state index is 12.0. The minimum atomic E-state index is -0.124. The van der Waals surface area contributed by atoms with Gasteiger partial charge in [0.25, 0.3) is 0 Å². The van der Waals surface area contributed by atoms with E-state index in [-0.39, 0.29) is 12.1 Å². The summed E-state index contributed by atoms with van der Waals surface area (Å²) >= 11 is 0. The van der Waals surface area contributed by atoms with E-state index in [2.05, 4.69) is 10.3 Å². The monoisotopic (exact) mass is 254 g/mol. The molecular formula is C14H14N4O. The summed E-state index contributed by atoms with van der Waals surface area (Å²) < 4.78 is 0. The van der Waals surface area contributed by atoms with Gasteiger partial charge < -0.3 is 11.1 Å². The molecule has 3 rings (SSSR count). The van der Waals surface area contributed by atoms with Gasteiger partial charge in [0, 0.05) is 17.6 Å². The highest BCUT2D eigenvalue weighted by Gasteiger charge is 2.31. The maximum Gasteiger partial charge on any atom is 0.322 e. The van der Waals surface area contributed by atoms with Crippen LogP contribution in [0.25, 0.3) is 0 Å². The number of hydrogen-bond acceptors (Lipinski definition) is 3. The molecule has 1 aliphatic heterocycles. The van der Waals surface area contributed by atoms with E-state index in [0.29, 0.717) is 12.2 Å². The number of nitrogens with one attached hydrogen (secondary N) is 1. The Labute approximate surface area is 111 Å². The highest BCUT2D eigenvalue weighted by Crippen LogP contribution is 2.25. The second-order valence-electron chi connectivity index (χ2n) is 4.46. The molecule has 2 aromatic rings. The molecule has 3 N–H and O–H groups in total. The second-order valence-corrected chi connectivity index (χ2v) is 4.46. The van der Waals surface area contributed by atoms with Gasteiger partial charge in [0.2, 0.25) is 0 Å². The van der Waals surface area contributed by atoms with Gasteiger partial charge in [0.1, 0.15) is 0 Å². The molecule has 0 bridgehead atoms. The topological polar surface area (TPSA) is 71.2 Å². The van der Waals surface area contributed by atoms with Crippen LogP contribution in [-0.4, -0.2) is 17.6 Å². The van der Waals surface area contributed by atoms with Gasteiger partial charge in [0.05, 0.1) is 18.3 Å². The number of nitrogens with zero attached hydrogens (tertiary/aromatic N) is 2. The highest BCUT2D eigenvalue weighted by atomic mass is 16.2. The van der Waals surface area contributed by atoms with Gasteiger partial charge in [-0.3, -0.25) is 9.88 Å². The summed E-state index contributed by atoms with van der Waals surface area (Å²) in [5, 5.41) is 2.92. The van der Waals surface area contributed by atoms with Gasteiger partial charge in [-0.25, -0.2) is 4.79 Å². The fourth-order valence-electron chi connectivity index (χ4n) is 2.20. The van der Waals surface area contributed by atoms with Crippen molar-refractivity contribution in [2.75, 3.05) is 17.2 Å². The SMILES string of the molecule is Nc1cccc(N2CC(c3ccccn3)NC2=O)c1. The average Bonchev–Trinajstić information content (AvgIpc) is 2.82. The van der Waals surface area contributed by atoms with Gasteiger partial charge in [-0.05, 0) is 30.3 Å². The quantitative estimate of drug-likeness (QED) is 0.804. The second kappa shape index (κ2) is 4.61. The van der Waals surface area contributed by atoms with Crippen LogP contribution in [0.15, 0.2) is 48.7 Å². The molecule has 0 radical (unpaired) electrons. The van der Waals surface area contributed by atoms with Gasteiger partial charge in [-0.1, -0.05) is 12.1 Å².